The van der Waals surface area contributed by atoms with Crippen LogP contribution in [-0.2, 0) is 0 Å². The van der Waals surface area contributed by atoms with Gasteiger partial charge in [0.15, 0.2) is 0 Å². The third-order valence-electron chi connectivity index (χ3n) is 4.04. The van der Waals surface area contributed by atoms with E-state index in [9.17, 15) is 0 Å². The minimum atomic E-state index is -1.52. The van der Waals surface area contributed by atoms with Crippen LogP contribution >= 0.6 is 11.6 Å². The second-order valence-electron chi connectivity index (χ2n) is 5.78. The molecular formula is C20H19ClSi. The Hall–Kier alpha value is -1.83. The van der Waals surface area contributed by atoms with Gasteiger partial charge in [0, 0.05) is 5.02 Å². The lowest BCUT2D eigenvalue weighted by Gasteiger charge is -2.19. The Morgan fingerprint density at radius 1 is 0.636 bits per heavy atom. The minimum Gasteiger partial charge on any atom is -0.0845 e. The fraction of sp³-hybridized carbons (Fsp3) is 0.100. The van der Waals surface area contributed by atoms with Crippen LogP contribution in [0.3, 0.4) is 0 Å². The summed E-state index contributed by atoms with van der Waals surface area (Å²) in [5.74, 6) is 0. The Balaban J connectivity index is 2.16. The summed E-state index contributed by atoms with van der Waals surface area (Å²) < 4.78 is 0. The van der Waals surface area contributed by atoms with Crippen molar-refractivity contribution in [3.05, 3.63) is 88.9 Å². The second-order valence-corrected chi connectivity index (χ2v) is 9.00. The molecule has 3 rings (SSSR count). The molecule has 0 radical (unpaired) electrons. The van der Waals surface area contributed by atoms with Crippen LogP contribution in [-0.4, -0.2) is 8.80 Å². The minimum absolute atomic E-state index is 0.875. The lowest BCUT2D eigenvalue weighted by molar-refractivity contribution is 1.48. The first-order valence-electron chi connectivity index (χ1n) is 7.53. The van der Waals surface area contributed by atoms with Gasteiger partial charge in [0.2, 0.25) is 0 Å². The predicted octanol–water partition coefficient (Wildman–Crippen LogP) is 3.21. The van der Waals surface area contributed by atoms with E-state index in [1.54, 1.807) is 0 Å². The van der Waals surface area contributed by atoms with E-state index in [0.29, 0.717) is 0 Å². The predicted molar refractivity (Wildman–Crippen MR) is 99.9 cm³/mol. The Kier molecular flexibility index (Phi) is 4.46. The Bertz CT molecular complexity index is 715. The third-order valence-corrected chi connectivity index (χ3v) is 7.79. The average Bonchev–Trinajstić information content (AvgIpc) is 2.53. The highest BCUT2D eigenvalue weighted by Gasteiger charge is 2.20. The van der Waals surface area contributed by atoms with E-state index < -0.39 is 8.80 Å². The molecule has 0 aromatic heterocycles. The van der Waals surface area contributed by atoms with Crippen LogP contribution in [0.5, 0.6) is 0 Å². The molecule has 0 atom stereocenters. The molecule has 0 aliphatic heterocycles. The molecule has 0 amide bonds. The molecule has 0 unspecified atom stereocenters. The van der Waals surface area contributed by atoms with Gasteiger partial charge in [-0.1, -0.05) is 99.8 Å². The molecule has 0 fully saturated rings. The second kappa shape index (κ2) is 6.51. The summed E-state index contributed by atoms with van der Waals surface area (Å²) in [6.07, 6.45) is 0. The average molecular weight is 323 g/mol. The van der Waals surface area contributed by atoms with Gasteiger partial charge in [-0.05, 0) is 25.1 Å². The summed E-state index contributed by atoms with van der Waals surface area (Å²) in [6, 6.07) is 26.1. The number of hydrogen-bond acceptors (Lipinski definition) is 0. The molecule has 3 aromatic carbocycles. The Labute approximate surface area is 139 Å². The molecule has 110 valence electrons. The number of rotatable bonds is 3. The monoisotopic (exact) mass is 322 g/mol. The van der Waals surface area contributed by atoms with Gasteiger partial charge in [-0.3, -0.25) is 0 Å². The van der Waals surface area contributed by atoms with E-state index >= 15 is 0 Å². The van der Waals surface area contributed by atoms with Crippen molar-refractivity contribution in [2.45, 2.75) is 13.8 Å². The van der Waals surface area contributed by atoms with E-state index in [1.165, 1.54) is 26.7 Å². The van der Waals surface area contributed by atoms with Crippen LogP contribution < -0.4 is 15.6 Å². The highest BCUT2D eigenvalue weighted by Crippen LogP contribution is 2.07. The molecule has 0 spiro atoms. The smallest absolute Gasteiger partial charge is 0.0845 e. The standard InChI is InChI=1S/C20H19ClSi/c1-15-7-11-17(12-8-15)22(18-13-9-16(2)10-14-18)20-6-4-3-5-19(20)21/h3-14,22H,1-2H3. The third kappa shape index (κ3) is 3.16. The summed E-state index contributed by atoms with van der Waals surface area (Å²) in [5.41, 5.74) is 2.58. The quantitative estimate of drug-likeness (QED) is 0.513. The maximum atomic E-state index is 6.52. The van der Waals surface area contributed by atoms with Crippen molar-refractivity contribution in [2.24, 2.45) is 0 Å². The maximum absolute atomic E-state index is 6.52. The summed E-state index contributed by atoms with van der Waals surface area (Å²) in [7, 11) is -1.52. The van der Waals surface area contributed by atoms with E-state index in [-0.39, 0.29) is 0 Å². The molecular weight excluding hydrogens is 304 g/mol. The molecule has 0 bridgehead atoms. The van der Waals surface area contributed by atoms with E-state index in [0.717, 1.165) is 5.02 Å². The molecule has 0 nitrogen and oxygen atoms in total. The van der Waals surface area contributed by atoms with E-state index in [4.69, 9.17) is 11.6 Å². The highest BCUT2D eigenvalue weighted by atomic mass is 35.5. The number of aryl methyl sites for hydroxylation is 2. The van der Waals surface area contributed by atoms with Gasteiger partial charge in [-0.2, -0.15) is 0 Å². The number of benzene rings is 3. The van der Waals surface area contributed by atoms with Crippen LogP contribution in [0.25, 0.3) is 0 Å². The first kappa shape index (κ1) is 15.1. The number of hydrogen-bond donors (Lipinski definition) is 0. The van der Waals surface area contributed by atoms with Crippen LogP contribution in [0.2, 0.25) is 5.02 Å². The summed E-state index contributed by atoms with van der Waals surface area (Å²) in [6.45, 7) is 4.25. The van der Waals surface area contributed by atoms with Crippen LogP contribution in [0.1, 0.15) is 11.1 Å². The lowest BCUT2D eigenvalue weighted by Crippen LogP contribution is -2.52. The normalized spacial score (nSPS) is 10.9. The number of halogens is 1. The van der Waals surface area contributed by atoms with Crippen molar-refractivity contribution in [2.75, 3.05) is 0 Å². The zero-order valence-corrected chi connectivity index (χ0v) is 14.8. The summed E-state index contributed by atoms with van der Waals surface area (Å²) in [5, 5.41) is 4.97. The first-order chi connectivity index (χ1) is 10.6. The van der Waals surface area contributed by atoms with Crippen molar-refractivity contribution in [1.82, 2.24) is 0 Å². The fourth-order valence-corrected chi connectivity index (χ4v) is 6.18. The van der Waals surface area contributed by atoms with E-state index in [1.807, 2.05) is 12.1 Å². The molecule has 0 N–H and O–H groups in total. The van der Waals surface area contributed by atoms with Crippen molar-refractivity contribution in [1.29, 1.82) is 0 Å². The Morgan fingerprint density at radius 3 is 1.55 bits per heavy atom. The van der Waals surface area contributed by atoms with Gasteiger partial charge in [0.1, 0.15) is 8.80 Å². The van der Waals surface area contributed by atoms with Crippen molar-refractivity contribution in [3.8, 4) is 0 Å². The van der Waals surface area contributed by atoms with Gasteiger partial charge in [-0.25, -0.2) is 0 Å². The van der Waals surface area contributed by atoms with Gasteiger partial charge in [0.05, 0.1) is 0 Å². The molecule has 0 aliphatic carbocycles. The summed E-state index contributed by atoms with van der Waals surface area (Å²) in [4.78, 5) is 0. The highest BCUT2D eigenvalue weighted by molar-refractivity contribution is 6.96. The van der Waals surface area contributed by atoms with Gasteiger partial charge < -0.3 is 0 Å². The topological polar surface area (TPSA) is 0 Å². The zero-order valence-electron chi connectivity index (χ0n) is 12.9. The largest absolute Gasteiger partial charge is 0.134 e. The molecule has 3 aromatic rings. The SMILES string of the molecule is Cc1ccc([SiH](c2ccc(C)cc2)c2ccccc2Cl)cc1. The van der Waals surface area contributed by atoms with Crippen molar-refractivity contribution in [3.63, 3.8) is 0 Å². The Morgan fingerprint density at radius 2 is 1.09 bits per heavy atom. The van der Waals surface area contributed by atoms with Gasteiger partial charge in [-0.15, -0.1) is 0 Å². The molecule has 0 saturated carbocycles. The van der Waals surface area contributed by atoms with Gasteiger partial charge >= 0.3 is 0 Å². The zero-order chi connectivity index (χ0) is 15.5. The fourth-order valence-electron chi connectivity index (χ4n) is 2.78. The van der Waals surface area contributed by atoms with E-state index in [2.05, 4.69) is 74.5 Å². The molecule has 0 heterocycles. The first-order valence-corrected chi connectivity index (χ1v) is 9.64. The van der Waals surface area contributed by atoms with Crippen molar-refractivity contribution >= 4 is 36.0 Å². The van der Waals surface area contributed by atoms with Crippen molar-refractivity contribution < 1.29 is 0 Å². The molecule has 0 aliphatic rings. The van der Waals surface area contributed by atoms with Crippen LogP contribution in [0, 0.1) is 13.8 Å². The molecule has 0 saturated heterocycles. The van der Waals surface area contributed by atoms with Gasteiger partial charge in [0.25, 0.3) is 0 Å². The van der Waals surface area contributed by atoms with Crippen LogP contribution in [0.15, 0.2) is 72.8 Å². The van der Waals surface area contributed by atoms with Crippen LogP contribution in [0.4, 0.5) is 0 Å². The molecule has 22 heavy (non-hydrogen) atoms. The summed E-state index contributed by atoms with van der Waals surface area (Å²) >= 11 is 6.52. The lowest BCUT2D eigenvalue weighted by atomic mass is 10.2. The molecule has 2 heteroatoms. The maximum Gasteiger partial charge on any atom is 0.134 e.